The van der Waals surface area contributed by atoms with E-state index in [-0.39, 0.29) is 11.6 Å². The summed E-state index contributed by atoms with van der Waals surface area (Å²) in [5, 5.41) is 19.3. The Bertz CT molecular complexity index is 756. The van der Waals surface area contributed by atoms with Crippen LogP contribution in [-0.4, -0.2) is 60.0 Å². The number of thiazole rings is 1. The lowest BCUT2D eigenvalue weighted by Crippen LogP contribution is -2.44. The summed E-state index contributed by atoms with van der Waals surface area (Å²) in [6, 6.07) is 6.16. The Balaban J connectivity index is 1.48. The predicted molar refractivity (Wildman–Crippen MR) is 100 cm³/mol. The van der Waals surface area contributed by atoms with Gasteiger partial charge in [-0.05, 0) is 25.1 Å². The highest BCUT2D eigenvalue weighted by atomic mass is 32.1. The Morgan fingerprint density at radius 2 is 2.04 bits per heavy atom. The third-order valence-electron chi connectivity index (χ3n) is 4.21. The fraction of sp³-hybridized carbons (Fsp3) is 0.412. The van der Waals surface area contributed by atoms with E-state index >= 15 is 0 Å². The van der Waals surface area contributed by atoms with Crippen molar-refractivity contribution in [2.45, 2.75) is 6.42 Å². The van der Waals surface area contributed by atoms with Gasteiger partial charge in [0.2, 0.25) is 0 Å². The van der Waals surface area contributed by atoms with Crippen molar-refractivity contribution in [3.63, 3.8) is 0 Å². The van der Waals surface area contributed by atoms with Crippen molar-refractivity contribution in [1.82, 2.24) is 20.5 Å². The van der Waals surface area contributed by atoms with Crippen LogP contribution in [0.15, 0.2) is 29.6 Å². The molecule has 0 radical (unpaired) electrons. The Labute approximate surface area is 155 Å². The number of rotatable bonds is 7. The first-order valence-corrected chi connectivity index (χ1v) is 9.43. The molecular formula is C17H21N5O3S. The minimum absolute atomic E-state index is 0.0350. The van der Waals surface area contributed by atoms with Crippen molar-refractivity contribution in [2.24, 2.45) is 0 Å². The molecule has 2 N–H and O–H groups in total. The number of non-ortho nitro benzene ring substituents is 1. The van der Waals surface area contributed by atoms with E-state index in [1.54, 1.807) is 17.5 Å². The van der Waals surface area contributed by atoms with Crippen molar-refractivity contribution in [2.75, 3.05) is 39.3 Å². The smallest absolute Gasteiger partial charge is 0.270 e. The zero-order chi connectivity index (χ0) is 18.4. The van der Waals surface area contributed by atoms with Crippen molar-refractivity contribution < 1.29 is 9.72 Å². The van der Waals surface area contributed by atoms with Crippen LogP contribution in [0.4, 0.5) is 5.69 Å². The fourth-order valence-corrected chi connectivity index (χ4v) is 3.57. The highest BCUT2D eigenvalue weighted by Crippen LogP contribution is 2.25. The summed E-state index contributed by atoms with van der Waals surface area (Å²) < 4.78 is 0. The molecule has 138 valence electrons. The van der Waals surface area contributed by atoms with E-state index in [1.165, 1.54) is 23.5 Å². The number of benzene rings is 1. The van der Waals surface area contributed by atoms with E-state index in [4.69, 9.17) is 0 Å². The number of nitrogens with zero attached hydrogens (tertiary/aromatic N) is 3. The Morgan fingerprint density at radius 3 is 2.73 bits per heavy atom. The Morgan fingerprint density at radius 1 is 1.31 bits per heavy atom. The summed E-state index contributed by atoms with van der Waals surface area (Å²) in [5.41, 5.74) is 1.18. The molecule has 3 rings (SSSR count). The molecule has 1 aliphatic heterocycles. The lowest BCUT2D eigenvalue weighted by molar-refractivity contribution is -0.384. The van der Waals surface area contributed by atoms with Gasteiger partial charge in [0.05, 0.1) is 4.92 Å². The first-order valence-electron chi connectivity index (χ1n) is 8.55. The second-order valence-corrected chi connectivity index (χ2v) is 6.90. The number of amides is 1. The van der Waals surface area contributed by atoms with Gasteiger partial charge in [-0.2, -0.15) is 0 Å². The number of piperazine rings is 1. The van der Waals surface area contributed by atoms with Crippen LogP contribution in [-0.2, 0) is 0 Å². The van der Waals surface area contributed by atoms with Crippen LogP contribution >= 0.6 is 11.3 Å². The Hall–Kier alpha value is -2.36. The maximum absolute atomic E-state index is 12.2. The summed E-state index contributed by atoms with van der Waals surface area (Å²) in [4.78, 5) is 29.2. The zero-order valence-electron chi connectivity index (χ0n) is 14.3. The molecule has 26 heavy (non-hydrogen) atoms. The molecule has 1 fully saturated rings. The number of nitrogens with one attached hydrogen (secondary N) is 2. The van der Waals surface area contributed by atoms with E-state index in [9.17, 15) is 14.9 Å². The maximum atomic E-state index is 12.2. The third kappa shape index (κ3) is 4.84. The van der Waals surface area contributed by atoms with Gasteiger partial charge in [-0.1, -0.05) is 0 Å². The van der Waals surface area contributed by atoms with Crippen LogP contribution in [0.3, 0.4) is 0 Å². The van der Waals surface area contributed by atoms with Crippen molar-refractivity contribution in [1.29, 1.82) is 0 Å². The SMILES string of the molecule is O=C(NCCCN1CCNCC1)c1csc(-c2ccc([N+](=O)[O-])cc2)n1. The molecule has 0 unspecified atom stereocenters. The van der Waals surface area contributed by atoms with Gasteiger partial charge in [0, 0.05) is 55.8 Å². The van der Waals surface area contributed by atoms with Crippen LogP contribution in [0.25, 0.3) is 10.6 Å². The van der Waals surface area contributed by atoms with Gasteiger partial charge in [-0.15, -0.1) is 11.3 Å². The van der Waals surface area contributed by atoms with Crippen LogP contribution in [0.1, 0.15) is 16.9 Å². The standard InChI is InChI=1S/C17H21N5O3S/c23-16(19-6-1-9-21-10-7-18-8-11-21)15-12-26-17(20-15)13-2-4-14(5-3-13)22(24)25/h2-5,12,18H,1,6-11H2,(H,19,23). The number of hydrogen-bond donors (Lipinski definition) is 2. The van der Waals surface area contributed by atoms with Crippen LogP contribution in [0.2, 0.25) is 0 Å². The van der Waals surface area contributed by atoms with Gasteiger partial charge in [-0.3, -0.25) is 14.9 Å². The molecular weight excluding hydrogens is 354 g/mol. The van der Waals surface area contributed by atoms with E-state index in [0.29, 0.717) is 17.2 Å². The Kier molecular flexibility index (Phi) is 6.26. The van der Waals surface area contributed by atoms with Crippen LogP contribution < -0.4 is 10.6 Å². The molecule has 2 aromatic rings. The summed E-state index contributed by atoms with van der Waals surface area (Å²) >= 11 is 1.35. The number of carbonyl (C=O) groups excluding carboxylic acids is 1. The fourth-order valence-electron chi connectivity index (χ4n) is 2.77. The molecule has 8 nitrogen and oxygen atoms in total. The van der Waals surface area contributed by atoms with Gasteiger partial charge >= 0.3 is 0 Å². The molecule has 0 saturated carbocycles. The molecule has 1 amide bonds. The van der Waals surface area contributed by atoms with Gasteiger partial charge in [0.25, 0.3) is 11.6 Å². The summed E-state index contributed by atoms with van der Waals surface area (Å²) in [5.74, 6) is -0.185. The minimum Gasteiger partial charge on any atom is -0.351 e. The average Bonchev–Trinajstić information content (AvgIpc) is 3.16. The van der Waals surface area contributed by atoms with Gasteiger partial charge in [0.1, 0.15) is 10.7 Å². The second-order valence-electron chi connectivity index (χ2n) is 6.04. The van der Waals surface area contributed by atoms with Gasteiger partial charge in [0.15, 0.2) is 0 Å². The number of nitro groups is 1. The van der Waals surface area contributed by atoms with Crippen LogP contribution in [0.5, 0.6) is 0 Å². The predicted octanol–water partition coefficient (Wildman–Crippen LogP) is 1.74. The number of nitro benzene ring substituents is 1. The molecule has 0 atom stereocenters. The quantitative estimate of drug-likeness (QED) is 0.434. The first-order chi connectivity index (χ1) is 12.6. The van der Waals surface area contributed by atoms with E-state index in [1.807, 2.05) is 0 Å². The summed E-state index contributed by atoms with van der Waals surface area (Å²) in [7, 11) is 0. The largest absolute Gasteiger partial charge is 0.351 e. The second kappa shape index (κ2) is 8.84. The van der Waals surface area contributed by atoms with E-state index in [0.717, 1.165) is 44.7 Å². The highest BCUT2D eigenvalue weighted by Gasteiger charge is 2.13. The molecule has 0 spiro atoms. The molecule has 1 saturated heterocycles. The molecule has 2 heterocycles. The minimum atomic E-state index is -0.440. The van der Waals surface area contributed by atoms with Crippen molar-refractivity contribution in [3.05, 3.63) is 45.5 Å². The topological polar surface area (TPSA) is 100 Å². The maximum Gasteiger partial charge on any atom is 0.270 e. The molecule has 1 aliphatic rings. The van der Waals surface area contributed by atoms with E-state index in [2.05, 4.69) is 20.5 Å². The normalized spacial score (nSPS) is 14.9. The van der Waals surface area contributed by atoms with Gasteiger partial charge in [-0.25, -0.2) is 4.98 Å². The monoisotopic (exact) mass is 375 g/mol. The zero-order valence-corrected chi connectivity index (χ0v) is 15.1. The average molecular weight is 375 g/mol. The van der Waals surface area contributed by atoms with Crippen molar-refractivity contribution >= 4 is 22.9 Å². The number of hydrogen-bond acceptors (Lipinski definition) is 7. The van der Waals surface area contributed by atoms with Gasteiger partial charge < -0.3 is 15.5 Å². The summed E-state index contributed by atoms with van der Waals surface area (Å²) in [6.45, 7) is 5.75. The molecule has 0 aliphatic carbocycles. The molecule has 1 aromatic carbocycles. The summed E-state index contributed by atoms with van der Waals surface area (Å²) in [6.07, 6.45) is 0.908. The highest BCUT2D eigenvalue weighted by molar-refractivity contribution is 7.13. The number of carbonyl (C=O) groups is 1. The lowest BCUT2D eigenvalue weighted by Gasteiger charge is -2.26. The first kappa shape index (κ1) is 18.4. The third-order valence-corrected chi connectivity index (χ3v) is 5.10. The van der Waals surface area contributed by atoms with Crippen LogP contribution in [0, 0.1) is 10.1 Å². The van der Waals surface area contributed by atoms with E-state index < -0.39 is 4.92 Å². The van der Waals surface area contributed by atoms with Crippen molar-refractivity contribution in [3.8, 4) is 10.6 Å². The number of aromatic nitrogens is 1. The molecule has 0 bridgehead atoms. The molecule has 1 aromatic heterocycles. The molecule has 9 heteroatoms. The lowest BCUT2D eigenvalue weighted by atomic mass is 10.2.